The fraction of sp³-hybridized carbons (Fsp3) is 0.615. The van der Waals surface area contributed by atoms with E-state index in [9.17, 15) is 9.90 Å². The van der Waals surface area contributed by atoms with Gasteiger partial charge in [-0.25, -0.2) is 0 Å². The summed E-state index contributed by atoms with van der Waals surface area (Å²) < 4.78 is 1.02. The molecule has 6 heteroatoms. The van der Waals surface area contributed by atoms with E-state index in [2.05, 4.69) is 4.90 Å². The largest absolute Gasteiger partial charge is 0.393 e. The molecular formula is C13H15Cl2NO2S. The highest BCUT2D eigenvalue weighted by Crippen LogP contribution is 2.37. The van der Waals surface area contributed by atoms with Gasteiger partial charge in [0.05, 0.1) is 22.5 Å². The van der Waals surface area contributed by atoms with Crippen molar-refractivity contribution in [1.29, 1.82) is 0 Å². The Morgan fingerprint density at radius 2 is 2.00 bits per heavy atom. The lowest BCUT2D eigenvalue weighted by Gasteiger charge is -2.36. The highest BCUT2D eigenvalue weighted by Gasteiger charge is 2.41. The van der Waals surface area contributed by atoms with Crippen LogP contribution in [0.4, 0.5) is 0 Å². The zero-order valence-corrected chi connectivity index (χ0v) is 12.6. The fourth-order valence-corrected chi connectivity index (χ4v) is 4.78. The van der Waals surface area contributed by atoms with E-state index in [1.807, 2.05) is 0 Å². The lowest BCUT2D eigenvalue weighted by atomic mass is 9.99. The van der Waals surface area contributed by atoms with Gasteiger partial charge in [-0.15, -0.1) is 11.3 Å². The minimum Gasteiger partial charge on any atom is -0.393 e. The second-order valence-corrected chi connectivity index (χ2v) is 7.63. The number of ketones is 1. The molecule has 104 valence electrons. The molecule has 2 unspecified atom stereocenters. The van der Waals surface area contributed by atoms with Crippen molar-refractivity contribution in [1.82, 2.24) is 4.90 Å². The zero-order chi connectivity index (χ0) is 13.6. The minimum absolute atomic E-state index is 0.0291. The van der Waals surface area contributed by atoms with E-state index in [1.165, 1.54) is 11.3 Å². The molecule has 2 aliphatic rings. The number of thiophene rings is 1. The molecule has 3 heterocycles. The first kappa shape index (κ1) is 13.8. The van der Waals surface area contributed by atoms with Crippen LogP contribution < -0.4 is 0 Å². The molecule has 19 heavy (non-hydrogen) atoms. The van der Waals surface area contributed by atoms with E-state index < -0.39 is 0 Å². The summed E-state index contributed by atoms with van der Waals surface area (Å²) in [6.45, 7) is 0.384. The number of carbonyl (C=O) groups excluding carboxylic acids is 1. The summed E-state index contributed by atoms with van der Waals surface area (Å²) in [4.78, 5) is 14.5. The number of carbonyl (C=O) groups is 1. The monoisotopic (exact) mass is 319 g/mol. The van der Waals surface area contributed by atoms with Gasteiger partial charge < -0.3 is 5.11 Å². The second kappa shape index (κ2) is 5.34. The predicted molar refractivity (Wildman–Crippen MR) is 77.4 cm³/mol. The molecule has 2 fully saturated rings. The lowest BCUT2D eigenvalue weighted by molar-refractivity contribution is 0.0344. The van der Waals surface area contributed by atoms with E-state index in [0.29, 0.717) is 32.9 Å². The van der Waals surface area contributed by atoms with Gasteiger partial charge in [0.15, 0.2) is 5.78 Å². The van der Waals surface area contributed by atoms with Crippen LogP contribution in [-0.4, -0.2) is 40.5 Å². The maximum atomic E-state index is 12.3. The molecule has 2 bridgehead atoms. The molecule has 1 aromatic rings. The van der Waals surface area contributed by atoms with E-state index in [1.54, 1.807) is 6.07 Å². The van der Waals surface area contributed by atoms with Crippen LogP contribution in [0.1, 0.15) is 36.0 Å². The highest BCUT2D eigenvalue weighted by molar-refractivity contribution is 7.20. The van der Waals surface area contributed by atoms with Crippen LogP contribution >= 0.6 is 34.5 Å². The molecule has 2 saturated heterocycles. The standard InChI is InChI=1S/C13H15Cl2NO2S/c14-12-5-10(13(15)19-12)11(18)6-16-7-1-2-8(16)4-9(17)3-7/h5,7-9,17H,1-4,6H2. The Labute approximate surface area is 126 Å². The van der Waals surface area contributed by atoms with Crippen molar-refractivity contribution in [2.45, 2.75) is 43.9 Å². The number of nitrogens with zero attached hydrogens (tertiary/aromatic N) is 1. The van der Waals surface area contributed by atoms with Gasteiger partial charge >= 0.3 is 0 Å². The Kier molecular flexibility index (Phi) is 3.89. The number of halogens is 2. The Balaban J connectivity index is 1.72. The van der Waals surface area contributed by atoms with Crippen molar-refractivity contribution in [2.24, 2.45) is 0 Å². The molecule has 0 aromatic carbocycles. The molecule has 1 N–H and O–H groups in total. The average molecular weight is 320 g/mol. The summed E-state index contributed by atoms with van der Waals surface area (Å²) in [6.07, 6.45) is 3.51. The minimum atomic E-state index is -0.206. The van der Waals surface area contributed by atoms with E-state index in [0.717, 1.165) is 25.7 Å². The number of piperidine rings is 1. The highest BCUT2D eigenvalue weighted by atomic mass is 35.5. The normalized spacial score (nSPS) is 30.8. The average Bonchev–Trinajstić information content (AvgIpc) is 2.78. The third-order valence-corrected chi connectivity index (χ3v) is 5.63. The topological polar surface area (TPSA) is 40.5 Å². The quantitative estimate of drug-likeness (QED) is 0.869. The van der Waals surface area contributed by atoms with Gasteiger partial charge in [0.1, 0.15) is 4.34 Å². The summed E-state index contributed by atoms with van der Waals surface area (Å²) in [5, 5.41) is 9.76. The maximum absolute atomic E-state index is 12.3. The first-order valence-corrected chi connectivity index (χ1v) is 8.03. The van der Waals surface area contributed by atoms with Crippen molar-refractivity contribution in [3.05, 3.63) is 20.3 Å². The number of aliphatic hydroxyl groups excluding tert-OH is 1. The Morgan fingerprint density at radius 3 is 2.53 bits per heavy atom. The van der Waals surface area contributed by atoms with Crippen LogP contribution in [0.15, 0.2) is 6.07 Å². The number of hydrogen-bond acceptors (Lipinski definition) is 4. The second-order valence-electron chi connectivity index (χ2n) is 5.34. The molecule has 3 nitrogen and oxygen atoms in total. The van der Waals surface area contributed by atoms with Crippen molar-refractivity contribution in [3.8, 4) is 0 Å². The Hall–Kier alpha value is -0.130. The van der Waals surface area contributed by atoms with Gasteiger partial charge in [0.25, 0.3) is 0 Å². The van der Waals surface area contributed by atoms with Crippen LogP contribution in [0.5, 0.6) is 0 Å². The smallest absolute Gasteiger partial charge is 0.179 e. The summed E-state index contributed by atoms with van der Waals surface area (Å²) in [5.74, 6) is 0.0291. The third kappa shape index (κ3) is 2.69. The summed E-state index contributed by atoms with van der Waals surface area (Å²) >= 11 is 13.1. The van der Waals surface area contributed by atoms with Crippen molar-refractivity contribution in [2.75, 3.05) is 6.54 Å². The maximum Gasteiger partial charge on any atom is 0.179 e. The fourth-order valence-electron chi connectivity index (χ4n) is 3.28. The van der Waals surface area contributed by atoms with Crippen LogP contribution in [0.2, 0.25) is 8.67 Å². The molecule has 3 rings (SSSR count). The number of Topliss-reactive ketones (excluding diaryl/α,β-unsaturated/α-hetero) is 1. The molecule has 0 aliphatic carbocycles. The predicted octanol–water partition coefficient (Wildman–Crippen LogP) is 3.23. The number of aliphatic hydroxyl groups is 1. The van der Waals surface area contributed by atoms with Gasteiger partial charge in [0.2, 0.25) is 0 Å². The van der Waals surface area contributed by atoms with E-state index in [-0.39, 0.29) is 11.9 Å². The van der Waals surface area contributed by atoms with Crippen molar-refractivity contribution in [3.63, 3.8) is 0 Å². The zero-order valence-electron chi connectivity index (χ0n) is 10.3. The summed E-state index contributed by atoms with van der Waals surface area (Å²) in [6, 6.07) is 2.33. The van der Waals surface area contributed by atoms with E-state index in [4.69, 9.17) is 23.2 Å². The van der Waals surface area contributed by atoms with Gasteiger partial charge in [-0.05, 0) is 31.7 Å². The van der Waals surface area contributed by atoms with Gasteiger partial charge in [-0.1, -0.05) is 23.2 Å². The third-order valence-electron chi connectivity index (χ3n) is 4.14. The summed E-state index contributed by atoms with van der Waals surface area (Å²) in [7, 11) is 0. The van der Waals surface area contributed by atoms with Gasteiger partial charge in [-0.3, -0.25) is 9.69 Å². The van der Waals surface area contributed by atoms with Crippen LogP contribution in [0, 0.1) is 0 Å². The summed E-state index contributed by atoms with van der Waals surface area (Å²) in [5.41, 5.74) is 0.530. The van der Waals surface area contributed by atoms with Crippen LogP contribution in [-0.2, 0) is 0 Å². The molecule has 0 spiro atoms. The molecule has 0 saturated carbocycles. The van der Waals surface area contributed by atoms with Gasteiger partial charge in [0, 0.05) is 12.1 Å². The van der Waals surface area contributed by atoms with E-state index >= 15 is 0 Å². The molecular weight excluding hydrogens is 305 g/mol. The van der Waals surface area contributed by atoms with Crippen molar-refractivity contribution >= 4 is 40.3 Å². The first-order valence-electron chi connectivity index (χ1n) is 6.46. The van der Waals surface area contributed by atoms with Crippen molar-refractivity contribution < 1.29 is 9.90 Å². The van der Waals surface area contributed by atoms with Crippen LogP contribution in [0.3, 0.4) is 0 Å². The molecule has 2 atom stereocenters. The van der Waals surface area contributed by atoms with Crippen LogP contribution in [0.25, 0.3) is 0 Å². The molecule has 0 radical (unpaired) electrons. The SMILES string of the molecule is O=C(CN1C2CCC1CC(O)C2)c1cc(Cl)sc1Cl. The Morgan fingerprint density at radius 1 is 1.37 bits per heavy atom. The molecule has 0 amide bonds. The molecule has 1 aromatic heterocycles. The molecule has 2 aliphatic heterocycles. The number of fused-ring (bicyclic) bond motifs is 2. The number of rotatable bonds is 3. The first-order chi connectivity index (χ1) is 9.04. The number of hydrogen-bond donors (Lipinski definition) is 1. The lowest BCUT2D eigenvalue weighted by Crippen LogP contribution is -2.46. The van der Waals surface area contributed by atoms with Gasteiger partial charge in [-0.2, -0.15) is 0 Å². The Bertz CT molecular complexity index is 491.